The van der Waals surface area contributed by atoms with E-state index in [0.29, 0.717) is 16.7 Å². The summed E-state index contributed by atoms with van der Waals surface area (Å²) in [5.41, 5.74) is 1.01. The van der Waals surface area contributed by atoms with Crippen molar-refractivity contribution in [1.29, 1.82) is 0 Å². The second-order valence-corrected chi connectivity index (χ2v) is 8.08. The van der Waals surface area contributed by atoms with Gasteiger partial charge in [-0.05, 0) is 36.2 Å². The number of halogens is 1. The maximum Gasteiger partial charge on any atom is 1.00 e. The van der Waals surface area contributed by atoms with Crippen molar-refractivity contribution in [3.05, 3.63) is 65.0 Å². The Hall–Kier alpha value is -1.01. The molecule has 0 radical (unpaired) electrons. The molecule has 0 saturated carbocycles. The van der Waals surface area contributed by atoms with Gasteiger partial charge in [-0.1, -0.05) is 41.1 Å². The van der Waals surface area contributed by atoms with Gasteiger partial charge in [0.05, 0.1) is 4.90 Å². The molecule has 0 saturated heterocycles. The predicted octanol–water partition coefficient (Wildman–Crippen LogP) is -0.945. The molecule has 0 heterocycles. The van der Waals surface area contributed by atoms with Crippen molar-refractivity contribution < 1.29 is 51.1 Å². The fraction of sp³-hybridized carbons (Fsp3) is 0.176. The van der Waals surface area contributed by atoms with Crippen LogP contribution >= 0.6 is 0 Å². The number of hydrogen-bond donors (Lipinski definition) is 0. The second-order valence-electron chi connectivity index (χ2n) is 5.08. The van der Waals surface area contributed by atoms with Gasteiger partial charge in [-0.3, -0.25) is 4.21 Å². The van der Waals surface area contributed by atoms with E-state index in [4.69, 9.17) is 0 Å². The van der Waals surface area contributed by atoms with E-state index >= 15 is 0 Å². The molecule has 2 aromatic rings. The first kappa shape index (κ1) is 22.0. The molecule has 0 aliphatic rings. The molecular formula is C17H14FNaO4S2. The summed E-state index contributed by atoms with van der Waals surface area (Å²) in [5.74, 6) is 4.78. The zero-order valence-electron chi connectivity index (χ0n) is 13.8. The third kappa shape index (κ3) is 6.66. The third-order valence-corrected chi connectivity index (χ3v) is 4.91. The largest absolute Gasteiger partial charge is 1.00 e. The van der Waals surface area contributed by atoms with Crippen LogP contribution in [-0.2, 0) is 27.3 Å². The Labute approximate surface area is 171 Å². The van der Waals surface area contributed by atoms with Crippen LogP contribution in [0.3, 0.4) is 0 Å². The van der Waals surface area contributed by atoms with Gasteiger partial charge < -0.3 is 4.55 Å². The molecular weight excluding hydrogens is 374 g/mol. The van der Waals surface area contributed by atoms with E-state index in [0.717, 1.165) is 6.26 Å². The number of hydrogen-bond acceptors (Lipinski definition) is 4. The second kappa shape index (κ2) is 9.62. The molecule has 0 aliphatic carbocycles. The predicted molar refractivity (Wildman–Crippen MR) is 89.4 cm³/mol. The van der Waals surface area contributed by atoms with Gasteiger partial charge in [0.1, 0.15) is 5.82 Å². The van der Waals surface area contributed by atoms with Gasteiger partial charge >= 0.3 is 29.6 Å². The topological polar surface area (TPSA) is 74.3 Å². The van der Waals surface area contributed by atoms with Gasteiger partial charge in [0, 0.05) is 23.1 Å². The molecule has 0 bridgehead atoms. The Kier molecular flexibility index (Phi) is 8.48. The molecule has 0 spiro atoms. The molecule has 0 aliphatic heterocycles. The fourth-order valence-corrected chi connectivity index (χ4v) is 3.28. The van der Waals surface area contributed by atoms with E-state index in [1.54, 1.807) is 24.3 Å². The average Bonchev–Trinajstić information content (AvgIpc) is 2.51. The van der Waals surface area contributed by atoms with Crippen molar-refractivity contribution in [2.24, 2.45) is 0 Å². The minimum atomic E-state index is -3.40. The quantitative estimate of drug-likeness (QED) is 0.385. The zero-order chi connectivity index (χ0) is 17.7. The molecule has 2 rings (SSSR count). The standard InChI is InChI=1S/C17H15FO4S2.Na/c1-24(21,22)17-5-3-2-4-15(17)9-7-13-6-8-14(16(18)12-13)10-11-23(19)20;/h2-6,8,12H,10-11H2,1H3,(H,19,20);/q;+1/p-1. The summed E-state index contributed by atoms with van der Waals surface area (Å²) in [6.07, 6.45) is 1.19. The molecule has 8 heteroatoms. The number of sulfone groups is 1. The summed E-state index contributed by atoms with van der Waals surface area (Å²) in [6, 6.07) is 10.6. The van der Waals surface area contributed by atoms with Gasteiger partial charge in [0.25, 0.3) is 0 Å². The Bertz CT molecular complexity index is 947. The summed E-state index contributed by atoms with van der Waals surface area (Å²) in [6.45, 7) is 0. The van der Waals surface area contributed by atoms with Gasteiger partial charge in [-0.25, -0.2) is 12.8 Å². The van der Waals surface area contributed by atoms with Crippen LogP contribution < -0.4 is 29.6 Å². The van der Waals surface area contributed by atoms with Crippen LogP contribution in [0.2, 0.25) is 0 Å². The summed E-state index contributed by atoms with van der Waals surface area (Å²) in [5, 5.41) is 0. The van der Waals surface area contributed by atoms with Gasteiger partial charge in [0.15, 0.2) is 9.84 Å². The van der Waals surface area contributed by atoms with Crippen molar-refractivity contribution in [3.8, 4) is 11.8 Å². The van der Waals surface area contributed by atoms with Crippen LogP contribution in [0.15, 0.2) is 47.4 Å². The van der Waals surface area contributed by atoms with Crippen molar-refractivity contribution in [1.82, 2.24) is 0 Å². The summed E-state index contributed by atoms with van der Waals surface area (Å²) < 4.78 is 58.4. The van der Waals surface area contributed by atoms with E-state index in [1.807, 2.05) is 0 Å². The van der Waals surface area contributed by atoms with Crippen molar-refractivity contribution in [3.63, 3.8) is 0 Å². The smallest absolute Gasteiger partial charge is 0.772 e. The van der Waals surface area contributed by atoms with Crippen molar-refractivity contribution in [2.45, 2.75) is 11.3 Å². The van der Waals surface area contributed by atoms with Crippen LogP contribution in [0.1, 0.15) is 16.7 Å². The Morgan fingerprint density at radius 1 is 1.16 bits per heavy atom. The molecule has 126 valence electrons. The van der Waals surface area contributed by atoms with E-state index < -0.39 is 26.7 Å². The van der Waals surface area contributed by atoms with E-state index in [9.17, 15) is 21.6 Å². The molecule has 25 heavy (non-hydrogen) atoms. The average molecular weight is 388 g/mol. The zero-order valence-corrected chi connectivity index (χ0v) is 17.4. The minimum Gasteiger partial charge on any atom is -0.772 e. The van der Waals surface area contributed by atoms with Gasteiger partial charge in [-0.2, -0.15) is 0 Å². The SMILES string of the molecule is CS(=O)(=O)c1ccccc1C#Cc1ccc(CCS(=O)[O-])c(F)c1.[Na+]. The molecule has 1 unspecified atom stereocenters. The van der Waals surface area contributed by atoms with E-state index in [-0.39, 0.29) is 46.6 Å². The van der Waals surface area contributed by atoms with Gasteiger partial charge in [-0.15, -0.1) is 0 Å². The van der Waals surface area contributed by atoms with Crippen LogP contribution in [0.4, 0.5) is 4.39 Å². The van der Waals surface area contributed by atoms with Crippen molar-refractivity contribution in [2.75, 3.05) is 12.0 Å². The first-order valence-corrected chi connectivity index (χ1v) is 10.1. The van der Waals surface area contributed by atoms with Crippen molar-refractivity contribution >= 4 is 20.9 Å². The molecule has 4 nitrogen and oxygen atoms in total. The number of rotatable bonds is 4. The third-order valence-electron chi connectivity index (χ3n) is 3.22. The first-order chi connectivity index (χ1) is 11.3. The fourth-order valence-electron chi connectivity index (χ4n) is 2.05. The van der Waals surface area contributed by atoms with Crippen LogP contribution in [0, 0.1) is 17.7 Å². The maximum absolute atomic E-state index is 13.9. The normalized spacial score (nSPS) is 11.8. The van der Waals surface area contributed by atoms with E-state index in [1.165, 1.54) is 18.2 Å². The molecule has 0 N–H and O–H groups in total. The monoisotopic (exact) mass is 388 g/mol. The summed E-state index contributed by atoms with van der Waals surface area (Å²) in [4.78, 5) is 0.118. The number of aryl methyl sites for hydroxylation is 1. The van der Waals surface area contributed by atoms with Crippen LogP contribution in [-0.4, -0.2) is 29.2 Å². The maximum atomic E-state index is 13.9. The molecule has 2 aromatic carbocycles. The number of benzene rings is 2. The van der Waals surface area contributed by atoms with Crippen LogP contribution in [0.25, 0.3) is 0 Å². The molecule has 1 atom stereocenters. The molecule has 0 aromatic heterocycles. The summed E-state index contributed by atoms with van der Waals surface area (Å²) in [7, 11) is -3.40. The Morgan fingerprint density at radius 3 is 2.44 bits per heavy atom. The molecule has 0 amide bonds. The Balaban J connectivity index is 0.00000312. The van der Waals surface area contributed by atoms with E-state index in [2.05, 4.69) is 11.8 Å². The molecule has 0 fully saturated rings. The summed E-state index contributed by atoms with van der Waals surface area (Å²) >= 11 is -2.22. The minimum absolute atomic E-state index is 0. The Morgan fingerprint density at radius 2 is 1.84 bits per heavy atom. The van der Waals surface area contributed by atoms with Crippen LogP contribution in [0.5, 0.6) is 0 Å². The van der Waals surface area contributed by atoms with Gasteiger partial charge in [0.2, 0.25) is 0 Å². The first-order valence-electron chi connectivity index (χ1n) is 6.93.